The van der Waals surface area contributed by atoms with Gasteiger partial charge >= 0.3 is 0 Å². The van der Waals surface area contributed by atoms with Gasteiger partial charge in [-0.3, -0.25) is 0 Å². The lowest BCUT2D eigenvalue weighted by molar-refractivity contribution is 0.305. The number of nitriles is 1. The fraction of sp³-hybridized carbons (Fsp3) is 0.0714. The van der Waals surface area contributed by atoms with Crippen LogP contribution in [0.25, 0.3) is 0 Å². The Bertz CT molecular complexity index is 652. The molecule has 96 valence electrons. The summed E-state index contributed by atoms with van der Waals surface area (Å²) in [6.07, 6.45) is 0. The summed E-state index contributed by atoms with van der Waals surface area (Å²) in [5.74, 6) is 0.539. The molecular weight excluding hydrogens is 349 g/mol. The standard InChI is InChI=1S/C14H8BrCl2NO/c15-11-2-4-14(10(6-11)7-18)19-8-9-1-3-12(16)13(17)5-9/h1-6H,8H2. The van der Waals surface area contributed by atoms with Crippen molar-refractivity contribution in [3.8, 4) is 11.8 Å². The van der Waals surface area contributed by atoms with Crippen molar-refractivity contribution >= 4 is 39.1 Å². The molecule has 0 radical (unpaired) electrons. The third kappa shape index (κ3) is 3.63. The molecule has 0 saturated heterocycles. The number of hydrogen-bond acceptors (Lipinski definition) is 2. The first kappa shape index (κ1) is 14.2. The predicted octanol–water partition coefficient (Wildman–Crippen LogP) is 5.21. The summed E-state index contributed by atoms with van der Waals surface area (Å²) >= 11 is 15.1. The van der Waals surface area contributed by atoms with Crippen molar-refractivity contribution in [2.45, 2.75) is 6.61 Å². The van der Waals surface area contributed by atoms with Crippen LogP contribution in [0.15, 0.2) is 40.9 Å². The SMILES string of the molecule is N#Cc1cc(Br)ccc1OCc1ccc(Cl)c(Cl)c1. The van der Waals surface area contributed by atoms with Gasteiger partial charge in [-0.2, -0.15) is 5.26 Å². The minimum absolute atomic E-state index is 0.327. The summed E-state index contributed by atoms with van der Waals surface area (Å²) in [7, 11) is 0. The second kappa shape index (κ2) is 6.29. The first-order chi connectivity index (χ1) is 9.10. The van der Waals surface area contributed by atoms with Crippen molar-refractivity contribution in [2.75, 3.05) is 0 Å². The molecule has 5 heteroatoms. The minimum atomic E-state index is 0.327. The average Bonchev–Trinajstić information content (AvgIpc) is 2.41. The van der Waals surface area contributed by atoms with E-state index in [0.717, 1.165) is 10.0 Å². The monoisotopic (exact) mass is 355 g/mol. The Kier molecular flexibility index (Phi) is 4.71. The molecule has 0 amide bonds. The van der Waals surface area contributed by atoms with Crippen molar-refractivity contribution in [1.82, 2.24) is 0 Å². The average molecular weight is 357 g/mol. The van der Waals surface area contributed by atoms with E-state index < -0.39 is 0 Å². The number of halogens is 3. The largest absolute Gasteiger partial charge is 0.488 e. The van der Waals surface area contributed by atoms with Gasteiger partial charge in [-0.25, -0.2) is 0 Å². The quantitative estimate of drug-likeness (QED) is 0.756. The number of ether oxygens (including phenoxy) is 1. The summed E-state index contributed by atoms with van der Waals surface area (Å²) in [6, 6.07) is 12.7. The van der Waals surface area contributed by atoms with E-state index in [0.29, 0.717) is 28.0 Å². The summed E-state index contributed by atoms with van der Waals surface area (Å²) in [5, 5.41) is 10.0. The topological polar surface area (TPSA) is 33.0 Å². The van der Waals surface area contributed by atoms with Gasteiger partial charge in [-0.05, 0) is 35.9 Å². The van der Waals surface area contributed by atoms with Gasteiger partial charge < -0.3 is 4.74 Å². The zero-order chi connectivity index (χ0) is 13.8. The normalized spacial score (nSPS) is 10.0. The van der Waals surface area contributed by atoms with Crippen molar-refractivity contribution in [1.29, 1.82) is 5.26 Å². The fourth-order valence-electron chi connectivity index (χ4n) is 1.51. The highest BCUT2D eigenvalue weighted by molar-refractivity contribution is 9.10. The lowest BCUT2D eigenvalue weighted by atomic mass is 10.2. The van der Waals surface area contributed by atoms with Crippen LogP contribution < -0.4 is 4.74 Å². The fourth-order valence-corrected chi connectivity index (χ4v) is 2.19. The molecule has 0 heterocycles. The number of nitrogens with zero attached hydrogens (tertiary/aromatic N) is 1. The number of hydrogen-bond donors (Lipinski definition) is 0. The third-order valence-electron chi connectivity index (χ3n) is 2.44. The van der Waals surface area contributed by atoms with Crippen molar-refractivity contribution < 1.29 is 4.74 Å². The third-order valence-corrected chi connectivity index (χ3v) is 3.67. The number of rotatable bonds is 3. The highest BCUT2D eigenvalue weighted by atomic mass is 79.9. The molecule has 0 aliphatic rings. The molecule has 0 atom stereocenters. The van der Waals surface area contributed by atoms with E-state index in [4.69, 9.17) is 33.2 Å². The maximum absolute atomic E-state index is 9.03. The molecule has 0 aliphatic carbocycles. The van der Waals surface area contributed by atoms with Gasteiger partial charge in [-0.15, -0.1) is 0 Å². The van der Waals surface area contributed by atoms with Gasteiger partial charge in [-0.1, -0.05) is 45.2 Å². The maximum atomic E-state index is 9.03. The van der Waals surface area contributed by atoms with Crippen LogP contribution >= 0.6 is 39.1 Å². The lowest BCUT2D eigenvalue weighted by Crippen LogP contribution is -1.97. The molecule has 2 aromatic carbocycles. The van der Waals surface area contributed by atoms with Crippen LogP contribution in [0.5, 0.6) is 5.75 Å². The van der Waals surface area contributed by atoms with Gasteiger partial charge in [0.1, 0.15) is 18.4 Å². The Balaban J connectivity index is 2.14. The van der Waals surface area contributed by atoms with Crippen LogP contribution in [0.2, 0.25) is 10.0 Å². The minimum Gasteiger partial charge on any atom is -0.488 e. The van der Waals surface area contributed by atoms with Gasteiger partial charge in [0.15, 0.2) is 0 Å². The van der Waals surface area contributed by atoms with E-state index in [1.807, 2.05) is 12.1 Å². The second-order valence-electron chi connectivity index (χ2n) is 3.79. The molecule has 0 fully saturated rings. The van der Waals surface area contributed by atoms with Crippen LogP contribution in [-0.2, 0) is 6.61 Å². The van der Waals surface area contributed by atoms with Crippen LogP contribution in [0.3, 0.4) is 0 Å². The van der Waals surface area contributed by atoms with E-state index in [9.17, 15) is 0 Å². The predicted molar refractivity (Wildman–Crippen MR) is 79.7 cm³/mol. The molecule has 0 spiro atoms. The molecular formula is C14H8BrCl2NO. The first-order valence-electron chi connectivity index (χ1n) is 5.36. The summed E-state index contributed by atoms with van der Waals surface area (Å²) in [4.78, 5) is 0. The van der Waals surface area contributed by atoms with Crippen LogP contribution in [0.1, 0.15) is 11.1 Å². The Hall–Kier alpha value is -1.21. The second-order valence-corrected chi connectivity index (χ2v) is 5.52. The zero-order valence-corrected chi connectivity index (χ0v) is 12.8. The molecule has 0 saturated carbocycles. The van der Waals surface area contributed by atoms with E-state index in [1.165, 1.54) is 0 Å². The van der Waals surface area contributed by atoms with Crippen molar-refractivity contribution in [3.63, 3.8) is 0 Å². The Labute approximate surface area is 129 Å². The van der Waals surface area contributed by atoms with Crippen molar-refractivity contribution in [3.05, 3.63) is 62.0 Å². The van der Waals surface area contributed by atoms with E-state index in [1.54, 1.807) is 24.3 Å². The Morgan fingerprint density at radius 3 is 2.58 bits per heavy atom. The van der Waals surface area contributed by atoms with Gasteiger partial charge in [0, 0.05) is 4.47 Å². The summed E-state index contributed by atoms with van der Waals surface area (Å²) < 4.78 is 6.46. The Morgan fingerprint density at radius 2 is 1.89 bits per heavy atom. The molecule has 0 aromatic heterocycles. The lowest BCUT2D eigenvalue weighted by Gasteiger charge is -2.09. The Morgan fingerprint density at radius 1 is 1.11 bits per heavy atom. The molecule has 0 unspecified atom stereocenters. The highest BCUT2D eigenvalue weighted by Crippen LogP contribution is 2.25. The summed E-state index contributed by atoms with van der Waals surface area (Å²) in [5.41, 5.74) is 1.37. The van der Waals surface area contributed by atoms with Gasteiger partial charge in [0.05, 0.1) is 15.6 Å². The van der Waals surface area contributed by atoms with Crippen LogP contribution in [0.4, 0.5) is 0 Å². The molecule has 2 rings (SSSR count). The number of benzene rings is 2. The first-order valence-corrected chi connectivity index (χ1v) is 6.91. The van der Waals surface area contributed by atoms with E-state index in [2.05, 4.69) is 22.0 Å². The van der Waals surface area contributed by atoms with Gasteiger partial charge in [0.25, 0.3) is 0 Å². The molecule has 0 bridgehead atoms. The van der Waals surface area contributed by atoms with E-state index in [-0.39, 0.29) is 0 Å². The highest BCUT2D eigenvalue weighted by Gasteiger charge is 2.05. The smallest absolute Gasteiger partial charge is 0.137 e. The maximum Gasteiger partial charge on any atom is 0.137 e. The molecule has 2 nitrogen and oxygen atoms in total. The summed E-state index contributed by atoms with van der Waals surface area (Å²) in [6.45, 7) is 0.327. The van der Waals surface area contributed by atoms with Gasteiger partial charge in [0.2, 0.25) is 0 Å². The molecule has 2 aromatic rings. The molecule has 0 N–H and O–H groups in total. The molecule has 0 aliphatic heterocycles. The van der Waals surface area contributed by atoms with Crippen molar-refractivity contribution in [2.24, 2.45) is 0 Å². The van der Waals surface area contributed by atoms with Crippen LogP contribution in [-0.4, -0.2) is 0 Å². The zero-order valence-electron chi connectivity index (χ0n) is 9.66. The molecule has 19 heavy (non-hydrogen) atoms. The van der Waals surface area contributed by atoms with E-state index >= 15 is 0 Å². The van der Waals surface area contributed by atoms with Crippen LogP contribution in [0, 0.1) is 11.3 Å².